The van der Waals surface area contributed by atoms with E-state index in [2.05, 4.69) is 10.6 Å². The summed E-state index contributed by atoms with van der Waals surface area (Å²) in [5, 5.41) is 6.34. The summed E-state index contributed by atoms with van der Waals surface area (Å²) in [6.45, 7) is 2.76. The van der Waals surface area contributed by atoms with Gasteiger partial charge < -0.3 is 15.4 Å². The first-order valence-corrected chi connectivity index (χ1v) is 6.46. The highest BCUT2D eigenvalue weighted by Crippen LogP contribution is 2.18. The van der Waals surface area contributed by atoms with E-state index in [1.807, 2.05) is 0 Å². The molecule has 0 spiro atoms. The van der Waals surface area contributed by atoms with Crippen molar-refractivity contribution in [2.45, 2.75) is 50.7 Å². The lowest BCUT2D eigenvalue weighted by molar-refractivity contribution is -0.121. The highest BCUT2D eigenvalue weighted by molar-refractivity contribution is 5.76. The molecule has 2 fully saturated rings. The van der Waals surface area contributed by atoms with Gasteiger partial charge in [0.05, 0.1) is 6.10 Å². The van der Waals surface area contributed by atoms with Crippen LogP contribution >= 0.6 is 0 Å². The van der Waals surface area contributed by atoms with Gasteiger partial charge >= 0.3 is 0 Å². The third-order valence-corrected chi connectivity index (χ3v) is 3.10. The summed E-state index contributed by atoms with van der Waals surface area (Å²) in [5.74, 6) is 0.210. The van der Waals surface area contributed by atoms with Crippen LogP contribution in [0.4, 0.5) is 0 Å². The molecule has 0 aromatic carbocycles. The first kappa shape index (κ1) is 11.9. The van der Waals surface area contributed by atoms with Crippen molar-refractivity contribution in [2.75, 3.05) is 19.7 Å². The molecule has 0 aromatic rings. The maximum atomic E-state index is 11.3. The van der Waals surface area contributed by atoms with E-state index in [0.717, 1.165) is 26.1 Å². The van der Waals surface area contributed by atoms with Crippen LogP contribution in [0.3, 0.4) is 0 Å². The zero-order chi connectivity index (χ0) is 11.2. The number of amides is 1. The normalized spacial score (nSPS) is 24.6. The molecule has 92 valence electrons. The van der Waals surface area contributed by atoms with E-state index >= 15 is 0 Å². The molecule has 1 aliphatic carbocycles. The van der Waals surface area contributed by atoms with E-state index in [-0.39, 0.29) is 5.91 Å². The molecule has 1 unspecified atom stereocenters. The highest BCUT2D eigenvalue weighted by atomic mass is 16.5. The lowest BCUT2D eigenvalue weighted by atomic mass is 10.2. The van der Waals surface area contributed by atoms with Crippen molar-refractivity contribution < 1.29 is 9.53 Å². The Morgan fingerprint density at radius 1 is 1.31 bits per heavy atom. The Hall–Kier alpha value is -0.610. The summed E-state index contributed by atoms with van der Waals surface area (Å²) < 4.78 is 5.50. The van der Waals surface area contributed by atoms with Gasteiger partial charge in [-0.15, -0.1) is 0 Å². The van der Waals surface area contributed by atoms with Crippen LogP contribution in [0, 0.1) is 0 Å². The largest absolute Gasteiger partial charge is 0.377 e. The fraction of sp³-hybridized carbons (Fsp3) is 0.917. The maximum Gasteiger partial charge on any atom is 0.220 e. The second-order valence-electron chi connectivity index (χ2n) is 4.78. The highest BCUT2D eigenvalue weighted by Gasteiger charge is 2.22. The van der Waals surface area contributed by atoms with Crippen LogP contribution in [0.15, 0.2) is 0 Å². The summed E-state index contributed by atoms with van der Waals surface area (Å²) >= 11 is 0. The molecule has 1 aliphatic heterocycles. The van der Waals surface area contributed by atoms with Gasteiger partial charge in [-0.1, -0.05) is 0 Å². The monoisotopic (exact) mass is 226 g/mol. The number of carbonyl (C=O) groups excluding carboxylic acids is 1. The van der Waals surface area contributed by atoms with Gasteiger partial charge in [-0.3, -0.25) is 4.79 Å². The summed E-state index contributed by atoms with van der Waals surface area (Å²) in [7, 11) is 0. The van der Waals surface area contributed by atoms with E-state index < -0.39 is 0 Å². The average Bonchev–Trinajstić information content (AvgIpc) is 2.93. The Labute approximate surface area is 97.1 Å². The zero-order valence-electron chi connectivity index (χ0n) is 9.84. The van der Waals surface area contributed by atoms with Gasteiger partial charge in [0.1, 0.15) is 0 Å². The van der Waals surface area contributed by atoms with Gasteiger partial charge in [-0.2, -0.15) is 0 Å². The summed E-state index contributed by atoms with van der Waals surface area (Å²) in [6.07, 6.45) is 6.68. The van der Waals surface area contributed by atoms with E-state index in [9.17, 15) is 4.79 Å². The van der Waals surface area contributed by atoms with Crippen molar-refractivity contribution in [1.82, 2.24) is 10.6 Å². The van der Waals surface area contributed by atoms with Crippen molar-refractivity contribution in [2.24, 2.45) is 0 Å². The van der Waals surface area contributed by atoms with Crippen LogP contribution < -0.4 is 10.6 Å². The molecule has 0 aromatic heterocycles. The summed E-state index contributed by atoms with van der Waals surface area (Å²) in [5.41, 5.74) is 0. The molecule has 0 bridgehead atoms. The Morgan fingerprint density at radius 3 is 2.88 bits per heavy atom. The topological polar surface area (TPSA) is 50.4 Å². The molecule has 1 heterocycles. The van der Waals surface area contributed by atoms with Gasteiger partial charge in [0.2, 0.25) is 5.91 Å². The third-order valence-electron chi connectivity index (χ3n) is 3.10. The molecule has 1 atom stereocenters. The third kappa shape index (κ3) is 4.49. The summed E-state index contributed by atoms with van der Waals surface area (Å²) in [4.78, 5) is 11.3. The van der Waals surface area contributed by atoms with Crippen molar-refractivity contribution in [3.05, 3.63) is 0 Å². The minimum absolute atomic E-state index is 0.210. The maximum absolute atomic E-state index is 11.3. The Morgan fingerprint density at radius 2 is 2.19 bits per heavy atom. The van der Waals surface area contributed by atoms with E-state index in [1.165, 1.54) is 25.7 Å². The first-order chi connectivity index (χ1) is 7.84. The van der Waals surface area contributed by atoms with Crippen LogP contribution in [0.2, 0.25) is 0 Å². The molecule has 2 N–H and O–H groups in total. The van der Waals surface area contributed by atoms with E-state index in [0.29, 0.717) is 18.6 Å². The average molecular weight is 226 g/mol. The summed E-state index contributed by atoms with van der Waals surface area (Å²) in [6, 6.07) is 0.493. The fourth-order valence-electron chi connectivity index (χ4n) is 1.97. The van der Waals surface area contributed by atoms with Crippen LogP contribution in [0.5, 0.6) is 0 Å². The molecular formula is C12H22N2O2. The minimum atomic E-state index is 0.210. The smallest absolute Gasteiger partial charge is 0.220 e. The van der Waals surface area contributed by atoms with Crippen LogP contribution in [0.25, 0.3) is 0 Å². The molecular weight excluding hydrogens is 204 g/mol. The number of nitrogens with one attached hydrogen (secondary N) is 2. The van der Waals surface area contributed by atoms with E-state index in [1.54, 1.807) is 0 Å². The minimum Gasteiger partial charge on any atom is -0.377 e. The number of hydrogen-bond acceptors (Lipinski definition) is 3. The van der Waals surface area contributed by atoms with Crippen molar-refractivity contribution >= 4 is 5.91 Å². The van der Waals surface area contributed by atoms with Gasteiger partial charge in [0, 0.05) is 25.6 Å². The Balaban J connectivity index is 1.40. The van der Waals surface area contributed by atoms with Gasteiger partial charge in [0.15, 0.2) is 0 Å². The lowest BCUT2D eigenvalue weighted by Gasteiger charge is -2.10. The van der Waals surface area contributed by atoms with Gasteiger partial charge in [0.25, 0.3) is 0 Å². The standard InChI is InChI=1S/C12H22N2O2/c15-12(14-10-5-6-10)4-1-7-13-9-11-3-2-8-16-11/h10-11,13H,1-9H2,(H,14,15). The molecule has 2 aliphatic rings. The fourth-order valence-corrected chi connectivity index (χ4v) is 1.97. The second-order valence-corrected chi connectivity index (χ2v) is 4.78. The van der Waals surface area contributed by atoms with Crippen molar-refractivity contribution in [1.29, 1.82) is 0 Å². The number of carbonyl (C=O) groups is 1. The molecule has 1 amide bonds. The molecule has 0 radical (unpaired) electrons. The van der Waals surface area contributed by atoms with Gasteiger partial charge in [-0.25, -0.2) is 0 Å². The number of ether oxygens (including phenoxy) is 1. The Kier molecular flexibility index (Phi) is 4.60. The van der Waals surface area contributed by atoms with Crippen molar-refractivity contribution in [3.63, 3.8) is 0 Å². The number of rotatable bonds is 7. The predicted octanol–water partition coefficient (Wildman–Crippen LogP) is 0.814. The Bertz CT molecular complexity index is 223. The number of hydrogen-bond donors (Lipinski definition) is 2. The molecule has 4 heteroatoms. The molecule has 4 nitrogen and oxygen atoms in total. The second kappa shape index (κ2) is 6.21. The predicted molar refractivity (Wildman–Crippen MR) is 62.2 cm³/mol. The SMILES string of the molecule is O=C(CCCNCC1CCCO1)NC1CC1. The molecule has 16 heavy (non-hydrogen) atoms. The zero-order valence-corrected chi connectivity index (χ0v) is 9.84. The molecule has 1 saturated heterocycles. The first-order valence-electron chi connectivity index (χ1n) is 6.46. The molecule has 1 saturated carbocycles. The lowest BCUT2D eigenvalue weighted by Crippen LogP contribution is -2.29. The quantitative estimate of drug-likeness (QED) is 0.632. The van der Waals surface area contributed by atoms with Crippen molar-refractivity contribution in [3.8, 4) is 0 Å². The van der Waals surface area contributed by atoms with Crippen LogP contribution in [-0.4, -0.2) is 37.7 Å². The van der Waals surface area contributed by atoms with Crippen LogP contribution in [-0.2, 0) is 9.53 Å². The van der Waals surface area contributed by atoms with E-state index in [4.69, 9.17) is 4.74 Å². The molecule has 2 rings (SSSR count). The van der Waals surface area contributed by atoms with Gasteiger partial charge in [-0.05, 0) is 38.6 Å². The van der Waals surface area contributed by atoms with Crippen LogP contribution in [0.1, 0.15) is 38.5 Å².